The first-order valence-corrected chi connectivity index (χ1v) is 12.1. The molecule has 2 rings (SSSR count). The summed E-state index contributed by atoms with van der Waals surface area (Å²) in [5.74, 6) is 1.19. The first kappa shape index (κ1) is 18.1. The second-order valence-electron chi connectivity index (χ2n) is 6.94. The summed E-state index contributed by atoms with van der Waals surface area (Å²) in [5, 5.41) is 3.30. The molecule has 0 fully saturated rings. The van der Waals surface area contributed by atoms with Crippen LogP contribution in [-0.2, 0) is 0 Å². The summed E-state index contributed by atoms with van der Waals surface area (Å²) in [6.07, 6.45) is 4.34. The largest absolute Gasteiger partial charge is 0.183 e. The van der Waals surface area contributed by atoms with Gasteiger partial charge in [0.1, 0.15) is 0 Å². The Balaban J connectivity index is 2.53. The lowest BCUT2D eigenvalue weighted by molar-refractivity contribution is 0.745. The molecule has 0 saturated carbocycles. The topological polar surface area (TPSA) is 0 Å². The van der Waals surface area contributed by atoms with Crippen LogP contribution in [0.5, 0.6) is 0 Å². The lowest BCUT2D eigenvalue weighted by atomic mass is 10.2. The predicted octanol–water partition coefficient (Wildman–Crippen LogP) is 5.25. The van der Waals surface area contributed by atoms with E-state index in [1.54, 1.807) is 0 Å². The predicted molar refractivity (Wildman–Crippen MR) is 110 cm³/mol. The monoisotopic (exact) mass is 340 g/mol. The van der Waals surface area contributed by atoms with Crippen molar-refractivity contribution in [1.29, 1.82) is 0 Å². The van der Waals surface area contributed by atoms with Crippen molar-refractivity contribution in [3.63, 3.8) is 0 Å². The fraction of sp³-hybridized carbons (Fsp3) is 0.333. The van der Waals surface area contributed by atoms with Gasteiger partial charge in [0, 0.05) is 0 Å². The van der Waals surface area contributed by atoms with Crippen molar-refractivity contribution in [2.24, 2.45) is 0 Å². The number of rotatable bonds is 7. The molecule has 0 aliphatic carbocycles. The molecule has 0 heterocycles. The number of benzene rings is 2. The van der Waals surface area contributed by atoms with Crippen LogP contribution in [0.25, 0.3) is 0 Å². The van der Waals surface area contributed by atoms with Crippen LogP contribution in [0.2, 0.25) is 5.04 Å². The summed E-state index contributed by atoms with van der Waals surface area (Å²) < 4.78 is 0. The average Bonchev–Trinajstić information content (AvgIpc) is 2.55. The maximum atomic E-state index is 3.86. The van der Waals surface area contributed by atoms with E-state index in [1.165, 1.54) is 22.5 Å². The summed E-state index contributed by atoms with van der Waals surface area (Å²) in [5.41, 5.74) is 0. The van der Waals surface area contributed by atoms with Gasteiger partial charge in [0.05, 0.1) is 0 Å². The molecule has 0 unspecified atom stereocenters. The molecule has 0 saturated heterocycles. The Bertz CT molecular complexity index is 559. The van der Waals surface area contributed by atoms with Gasteiger partial charge in [0.25, 0.3) is 0 Å². The van der Waals surface area contributed by atoms with Gasteiger partial charge in [-0.05, 0) is 34.0 Å². The highest BCUT2D eigenvalue weighted by molar-refractivity contribution is 8.32. The minimum absolute atomic E-state index is 0.245. The van der Waals surface area contributed by atoms with Gasteiger partial charge in [0.15, 0.2) is 7.22 Å². The highest BCUT2D eigenvalue weighted by atomic mass is 32.4. The summed E-state index contributed by atoms with van der Waals surface area (Å²) in [6, 6.07) is 22.4. The van der Waals surface area contributed by atoms with E-state index in [0.29, 0.717) is 0 Å². The SMILES string of the molecule is C=CCCCS[Si](c1ccccc1)(c1ccccc1)C(C)(C)C. The van der Waals surface area contributed by atoms with Crippen LogP contribution in [-0.4, -0.2) is 13.0 Å². The highest BCUT2D eigenvalue weighted by Crippen LogP contribution is 2.43. The quantitative estimate of drug-likeness (QED) is 0.377. The summed E-state index contributed by atoms with van der Waals surface area (Å²) in [7, 11) is -1.92. The molecule has 0 aromatic heterocycles. The Morgan fingerprint density at radius 2 is 1.39 bits per heavy atom. The van der Waals surface area contributed by atoms with E-state index >= 15 is 0 Å². The normalized spacial score (nSPS) is 12.1. The van der Waals surface area contributed by atoms with Gasteiger partial charge in [-0.25, -0.2) is 0 Å². The fourth-order valence-electron chi connectivity index (χ4n) is 3.21. The Morgan fingerprint density at radius 1 is 0.913 bits per heavy atom. The van der Waals surface area contributed by atoms with Crippen molar-refractivity contribution < 1.29 is 0 Å². The van der Waals surface area contributed by atoms with Crippen LogP contribution in [0.4, 0.5) is 0 Å². The molecule has 0 N–H and O–H groups in total. The first-order chi connectivity index (χ1) is 11.0. The third kappa shape index (κ3) is 3.99. The molecule has 0 aliphatic rings. The highest BCUT2D eigenvalue weighted by Gasteiger charge is 2.48. The van der Waals surface area contributed by atoms with Crippen LogP contribution >= 0.6 is 11.2 Å². The minimum atomic E-state index is -1.92. The van der Waals surface area contributed by atoms with Gasteiger partial charge in [-0.15, -0.1) is 6.58 Å². The molecule has 0 atom stereocenters. The Kier molecular flexibility index (Phi) is 6.31. The molecule has 0 aliphatic heterocycles. The van der Waals surface area contributed by atoms with E-state index in [-0.39, 0.29) is 5.04 Å². The fourth-order valence-corrected chi connectivity index (χ4v) is 12.5. The molecule has 2 aromatic rings. The van der Waals surface area contributed by atoms with Gasteiger partial charge in [-0.3, -0.25) is 0 Å². The first-order valence-electron chi connectivity index (χ1n) is 8.38. The van der Waals surface area contributed by atoms with Gasteiger partial charge in [-0.2, -0.15) is 11.2 Å². The molecule has 0 radical (unpaired) electrons. The van der Waals surface area contributed by atoms with Crippen molar-refractivity contribution >= 4 is 28.8 Å². The van der Waals surface area contributed by atoms with E-state index in [4.69, 9.17) is 0 Å². The maximum absolute atomic E-state index is 3.86. The van der Waals surface area contributed by atoms with Crippen LogP contribution in [0.1, 0.15) is 33.6 Å². The summed E-state index contributed by atoms with van der Waals surface area (Å²) >= 11 is 2.21. The maximum Gasteiger partial charge on any atom is 0.183 e. The lowest BCUT2D eigenvalue weighted by Crippen LogP contribution is -2.62. The second-order valence-corrected chi connectivity index (χ2v) is 14.4. The van der Waals surface area contributed by atoms with Gasteiger partial charge >= 0.3 is 0 Å². The van der Waals surface area contributed by atoms with E-state index in [9.17, 15) is 0 Å². The third-order valence-electron chi connectivity index (χ3n) is 4.29. The number of allylic oxidation sites excluding steroid dienone is 1. The van der Waals surface area contributed by atoms with Gasteiger partial charge in [-0.1, -0.05) is 87.5 Å². The van der Waals surface area contributed by atoms with E-state index in [2.05, 4.69) is 99.2 Å². The molecule has 0 amide bonds. The van der Waals surface area contributed by atoms with E-state index < -0.39 is 7.22 Å². The van der Waals surface area contributed by atoms with E-state index in [0.717, 1.165) is 6.42 Å². The molecule has 122 valence electrons. The molecular formula is C21H28SSi. The van der Waals surface area contributed by atoms with Crippen molar-refractivity contribution in [1.82, 2.24) is 0 Å². The number of unbranched alkanes of at least 4 members (excludes halogenated alkanes) is 1. The van der Waals surface area contributed by atoms with E-state index in [1.807, 2.05) is 6.08 Å². The Morgan fingerprint density at radius 3 is 1.78 bits per heavy atom. The van der Waals surface area contributed by atoms with Crippen LogP contribution in [0, 0.1) is 0 Å². The van der Waals surface area contributed by atoms with Gasteiger partial charge in [0.2, 0.25) is 0 Å². The smallest absolute Gasteiger partial charge is 0.173 e. The standard InChI is InChI=1S/C21H28SSi/c1-5-6-13-18-22-23(21(2,3)4,19-14-9-7-10-15-19)20-16-11-8-12-17-20/h5,7-12,14-17H,1,6,13,18H2,2-4H3. The zero-order valence-electron chi connectivity index (χ0n) is 14.6. The Hall–Kier alpha value is -1.25. The molecule has 23 heavy (non-hydrogen) atoms. The number of hydrogen-bond acceptors (Lipinski definition) is 1. The average molecular weight is 341 g/mol. The molecule has 2 aromatic carbocycles. The molecule has 0 spiro atoms. The molecule has 2 heteroatoms. The zero-order chi connectivity index (χ0) is 16.8. The second kappa shape index (κ2) is 8.03. The minimum Gasteiger partial charge on any atom is -0.173 e. The van der Waals surface area contributed by atoms with Crippen LogP contribution < -0.4 is 10.4 Å². The van der Waals surface area contributed by atoms with Crippen molar-refractivity contribution in [2.45, 2.75) is 38.7 Å². The van der Waals surface area contributed by atoms with Crippen LogP contribution in [0.3, 0.4) is 0 Å². The third-order valence-corrected chi connectivity index (χ3v) is 14.8. The lowest BCUT2D eigenvalue weighted by Gasteiger charge is -2.43. The zero-order valence-corrected chi connectivity index (χ0v) is 16.4. The van der Waals surface area contributed by atoms with Crippen LogP contribution in [0.15, 0.2) is 73.3 Å². The number of hydrogen-bond donors (Lipinski definition) is 0. The van der Waals surface area contributed by atoms with Crippen molar-refractivity contribution in [3.8, 4) is 0 Å². The molecular weight excluding hydrogens is 312 g/mol. The van der Waals surface area contributed by atoms with Gasteiger partial charge < -0.3 is 0 Å². The van der Waals surface area contributed by atoms with Crippen molar-refractivity contribution in [3.05, 3.63) is 73.3 Å². The Labute approximate surface area is 146 Å². The van der Waals surface area contributed by atoms with Crippen molar-refractivity contribution in [2.75, 3.05) is 5.75 Å². The molecule has 0 nitrogen and oxygen atoms in total. The summed E-state index contributed by atoms with van der Waals surface area (Å²) in [6.45, 7) is 11.1. The summed E-state index contributed by atoms with van der Waals surface area (Å²) in [4.78, 5) is 0. The molecule has 0 bridgehead atoms.